The van der Waals surface area contributed by atoms with E-state index in [-0.39, 0.29) is 11.8 Å². The van der Waals surface area contributed by atoms with Gasteiger partial charge in [0.25, 0.3) is 11.8 Å². The van der Waals surface area contributed by atoms with Gasteiger partial charge < -0.3 is 5.32 Å². The van der Waals surface area contributed by atoms with Crippen LogP contribution in [0.1, 0.15) is 32.0 Å². The summed E-state index contributed by atoms with van der Waals surface area (Å²) in [4.78, 5) is 33.0. The number of hydrogen-bond acceptors (Lipinski definition) is 6. The van der Waals surface area contributed by atoms with E-state index in [0.717, 1.165) is 11.4 Å². The minimum Gasteiger partial charge on any atom is -0.321 e. The van der Waals surface area contributed by atoms with E-state index in [2.05, 4.69) is 20.6 Å². The van der Waals surface area contributed by atoms with Crippen LogP contribution in [0.5, 0.6) is 0 Å². The first kappa shape index (κ1) is 16.3. The molecule has 0 spiro atoms. The summed E-state index contributed by atoms with van der Waals surface area (Å²) in [5.74, 6) is -0.440. The second-order valence-corrected chi connectivity index (χ2v) is 6.80. The number of hydrogen-bond donors (Lipinski definition) is 2. The SMILES string of the molecule is CCc1ncc(C(=O)Nc2ccc(C(=O)Nc3nccs3)cc2)s1. The third kappa shape index (κ3) is 3.84. The molecule has 2 N–H and O–H groups in total. The van der Waals surface area contributed by atoms with Gasteiger partial charge in [0.05, 0.1) is 11.2 Å². The summed E-state index contributed by atoms with van der Waals surface area (Å²) in [6.45, 7) is 2.00. The van der Waals surface area contributed by atoms with Gasteiger partial charge in [0.1, 0.15) is 4.88 Å². The summed E-state index contributed by atoms with van der Waals surface area (Å²) < 4.78 is 0. The second-order valence-electron chi connectivity index (χ2n) is 4.79. The molecule has 0 saturated heterocycles. The zero-order valence-corrected chi connectivity index (χ0v) is 14.4. The second kappa shape index (κ2) is 7.33. The van der Waals surface area contributed by atoms with Crippen molar-refractivity contribution in [1.29, 1.82) is 0 Å². The van der Waals surface area contributed by atoms with E-state index >= 15 is 0 Å². The average molecular weight is 358 g/mol. The fourth-order valence-electron chi connectivity index (χ4n) is 1.93. The highest BCUT2D eigenvalue weighted by Crippen LogP contribution is 2.17. The van der Waals surface area contributed by atoms with Crippen LogP contribution >= 0.6 is 22.7 Å². The molecule has 2 amide bonds. The molecule has 2 aromatic heterocycles. The number of anilines is 2. The molecule has 0 aliphatic rings. The summed E-state index contributed by atoms with van der Waals surface area (Å²) in [6, 6.07) is 6.69. The zero-order chi connectivity index (χ0) is 16.9. The lowest BCUT2D eigenvalue weighted by atomic mass is 10.2. The van der Waals surface area contributed by atoms with Gasteiger partial charge >= 0.3 is 0 Å². The van der Waals surface area contributed by atoms with E-state index in [0.29, 0.717) is 21.3 Å². The average Bonchev–Trinajstić information content (AvgIpc) is 3.26. The molecule has 0 aliphatic heterocycles. The predicted molar refractivity (Wildman–Crippen MR) is 96.0 cm³/mol. The normalized spacial score (nSPS) is 10.4. The number of thiazole rings is 2. The Kier molecular flexibility index (Phi) is 4.97. The molecular weight excluding hydrogens is 344 g/mol. The third-order valence-corrected chi connectivity index (χ3v) is 4.97. The Morgan fingerprint density at radius 1 is 1.08 bits per heavy atom. The van der Waals surface area contributed by atoms with Crippen molar-refractivity contribution in [3.8, 4) is 0 Å². The van der Waals surface area contributed by atoms with Crippen LogP contribution in [-0.4, -0.2) is 21.8 Å². The van der Waals surface area contributed by atoms with Gasteiger partial charge in [0.15, 0.2) is 5.13 Å². The summed E-state index contributed by atoms with van der Waals surface area (Å²) in [7, 11) is 0. The van der Waals surface area contributed by atoms with Crippen LogP contribution in [0.15, 0.2) is 42.0 Å². The molecule has 122 valence electrons. The molecule has 0 atom stereocenters. The van der Waals surface area contributed by atoms with Crippen molar-refractivity contribution in [3.63, 3.8) is 0 Å². The number of benzene rings is 1. The number of nitrogens with zero attached hydrogens (tertiary/aromatic N) is 2. The maximum atomic E-state index is 12.1. The summed E-state index contributed by atoms with van der Waals surface area (Å²) in [6.07, 6.45) is 4.01. The molecular formula is C16H14N4O2S2. The molecule has 0 bridgehead atoms. The zero-order valence-electron chi connectivity index (χ0n) is 12.8. The topological polar surface area (TPSA) is 84.0 Å². The molecule has 0 saturated carbocycles. The fraction of sp³-hybridized carbons (Fsp3) is 0.125. The molecule has 0 fully saturated rings. The highest BCUT2D eigenvalue weighted by Gasteiger charge is 2.11. The van der Waals surface area contributed by atoms with Gasteiger partial charge in [-0.3, -0.25) is 14.9 Å². The summed E-state index contributed by atoms with van der Waals surface area (Å²) in [5, 5.41) is 8.77. The minimum atomic E-state index is -0.238. The maximum Gasteiger partial charge on any atom is 0.267 e. The molecule has 0 radical (unpaired) electrons. The van der Waals surface area contributed by atoms with Crippen molar-refractivity contribution in [2.75, 3.05) is 10.6 Å². The predicted octanol–water partition coefficient (Wildman–Crippen LogP) is 3.67. The smallest absolute Gasteiger partial charge is 0.267 e. The standard InChI is InChI=1S/C16H14N4O2S2/c1-2-13-18-9-12(24-13)15(22)19-11-5-3-10(4-6-11)14(21)20-16-17-7-8-23-16/h3-9H,2H2,1H3,(H,19,22)(H,17,20,21). The number of carbonyl (C=O) groups is 2. The number of amides is 2. The number of rotatable bonds is 5. The molecule has 2 heterocycles. The van der Waals surface area contributed by atoms with E-state index in [1.54, 1.807) is 42.0 Å². The van der Waals surface area contributed by atoms with E-state index in [4.69, 9.17) is 0 Å². The Bertz CT molecular complexity index is 841. The van der Waals surface area contributed by atoms with Gasteiger partial charge in [0.2, 0.25) is 0 Å². The monoisotopic (exact) mass is 358 g/mol. The fourth-order valence-corrected chi connectivity index (χ4v) is 3.21. The van der Waals surface area contributed by atoms with Crippen LogP contribution in [0.4, 0.5) is 10.8 Å². The van der Waals surface area contributed by atoms with Crippen molar-refractivity contribution in [2.45, 2.75) is 13.3 Å². The summed E-state index contributed by atoms with van der Waals surface area (Å²) >= 11 is 2.73. The van der Waals surface area contributed by atoms with Crippen LogP contribution in [0, 0.1) is 0 Å². The van der Waals surface area contributed by atoms with Gasteiger partial charge in [0, 0.05) is 22.8 Å². The molecule has 1 aromatic carbocycles. The number of aryl methyl sites for hydroxylation is 1. The highest BCUT2D eigenvalue weighted by molar-refractivity contribution is 7.14. The first-order chi connectivity index (χ1) is 11.7. The van der Waals surface area contributed by atoms with Crippen LogP contribution in [0.3, 0.4) is 0 Å². The molecule has 3 aromatic rings. The number of nitrogens with one attached hydrogen (secondary N) is 2. The maximum absolute atomic E-state index is 12.1. The molecule has 8 heteroatoms. The van der Waals surface area contributed by atoms with Gasteiger partial charge in [-0.2, -0.15) is 0 Å². The molecule has 3 rings (SSSR count). The van der Waals surface area contributed by atoms with Crippen molar-refractivity contribution in [2.24, 2.45) is 0 Å². The largest absolute Gasteiger partial charge is 0.321 e. The third-order valence-electron chi connectivity index (χ3n) is 3.14. The van der Waals surface area contributed by atoms with E-state index in [9.17, 15) is 9.59 Å². The highest BCUT2D eigenvalue weighted by atomic mass is 32.1. The summed E-state index contributed by atoms with van der Waals surface area (Å²) in [5.41, 5.74) is 1.12. The Hall–Kier alpha value is -2.58. The van der Waals surface area contributed by atoms with Crippen LogP contribution < -0.4 is 10.6 Å². The van der Waals surface area contributed by atoms with Crippen molar-refractivity contribution in [3.05, 3.63) is 57.5 Å². The van der Waals surface area contributed by atoms with E-state index in [1.807, 2.05) is 6.92 Å². The molecule has 24 heavy (non-hydrogen) atoms. The number of carbonyl (C=O) groups excluding carboxylic acids is 2. The van der Waals surface area contributed by atoms with Crippen molar-refractivity contribution < 1.29 is 9.59 Å². The van der Waals surface area contributed by atoms with Crippen LogP contribution in [0.2, 0.25) is 0 Å². The quantitative estimate of drug-likeness (QED) is 0.729. The van der Waals surface area contributed by atoms with Gasteiger partial charge in [-0.15, -0.1) is 22.7 Å². The Balaban J connectivity index is 1.63. The van der Waals surface area contributed by atoms with Crippen molar-refractivity contribution >= 4 is 45.3 Å². The lowest BCUT2D eigenvalue weighted by Gasteiger charge is -2.05. The minimum absolute atomic E-state index is 0.202. The lowest BCUT2D eigenvalue weighted by molar-refractivity contribution is 0.102. The Labute approximate surface area is 146 Å². The number of aromatic nitrogens is 2. The Morgan fingerprint density at radius 2 is 1.88 bits per heavy atom. The molecule has 0 aliphatic carbocycles. The van der Waals surface area contributed by atoms with Gasteiger partial charge in [-0.1, -0.05) is 6.92 Å². The van der Waals surface area contributed by atoms with Crippen LogP contribution in [-0.2, 0) is 6.42 Å². The van der Waals surface area contributed by atoms with Crippen LogP contribution in [0.25, 0.3) is 0 Å². The first-order valence-corrected chi connectivity index (χ1v) is 8.92. The van der Waals surface area contributed by atoms with E-state index < -0.39 is 0 Å². The van der Waals surface area contributed by atoms with Gasteiger partial charge in [-0.25, -0.2) is 9.97 Å². The first-order valence-electron chi connectivity index (χ1n) is 7.22. The lowest BCUT2D eigenvalue weighted by Crippen LogP contribution is -2.13. The molecule has 0 unspecified atom stereocenters. The molecule has 6 nitrogen and oxygen atoms in total. The van der Waals surface area contributed by atoms with E-state index in [1.165, 1.54) is 22.7 Å². The Morgan fingerprint density at radius 3 is 2.50 bits per heavy atom. The van der Waals surface area contributed by atoms with Gasteiger partial charge in [-0.05, 0) is 30.7 Å². The van der Waals surface area contributed by atoms with Crippen molar-refractivity contribution in [1.82, 2.24) is 9.97 Å².